The van der Waals surface area contributed by atoms with Crippen LogP contribution in [0.2, 0.25) is 0 Å². The lowest BCUT2D eigenvalue weighted by atomic mass is 9.87. The van der Waals surface area contributed by atoms with Crippen molar-refractivity contribution in [1.82, 2.24) is 0 Å². The van der Waals surface area contributed by atoms with Crippen LogP contribution >= 0.6 is 31.9 Å². The lowest BCUT2D eigenvalue weighted by Crippen LogP contribution is -2.00. The van der Waals surface area contributed by atoms with Crippen LogP contribution in [0.15, 0.2) is 33.2 Å². The zero-order valence-corrected chi connectivity index (χ0v) is 26.0. The molecule has 0 heterocycles. The van der Waals surface area contributed by atoms with Crippen molar-refractivity contribution in [1.29, 1.82) is 0 Å². The van der Waals surface area contributed by atoms with E-state index in [2.05, 4.69) is 70.0 Å². The minimum absolute atomic E-state index is 0.907. The average Bonchev–Trinajstić information content (AvgIpc) is 2.88. The van der Waals surface area contributed by atoms with Gasteiger partial charge in [-0.05, 0) is 114 Å². The maximum atomic E-state index is 5.75. The minimum atomic E-state index is 0.907. The fraction of sp³-hybridized carbons (Fsp3) is 0.562. The van der Waals surface area contributed by atoms with Crippen LogP contribution in [0.5, 0.6) is 11.5 Å². The number of ether oxygens (including phenoxy) is 2. The SMILES string of the molecule is CCCCCCCCc1c2cc(Br)c(OC)cc2c(CCCCCCCC)c2cc(Br)c(OC)cc12. The van der Waals surface area contributed by atoms with E-state index in [0.29, 0.717) is 0 Å². The van der Waals surface area contributed by atoms with Gasteiger partial charge in [-0.3, -0.25) is 0 Å². The summed E-state index contributed by atoms with van der Waals surface area (Å²) in [7, 11) is 3.53. The Bertz CT molecular complexity index is 1030. The van der Waals surface area contributed by atoms with Gasteiger partial charge in [0.1, 0.15) is 11.5 Å². The molecule has 0 unspecified atom stereocenters. The van der Waals surface area contributed by atoms with Crippen molar-refractivity contribution in [3.8, 4) is 11.5 Å². The standard InChI is InChI=1S/C32H44Br2O2/c1-5-7-9-11-13-15-17-23-25-19-29(33)32(36-4)22-28(25)24(18-16-14-12-10-8-6-2)26-20-30(34)31(35-3)21-27(23)26/h19-22H,5-18H2,1-4H3. The number of aryl methyl sites for hydroxylation is 2. The van der Waals surface area contributed by atoms with E-state index in [4.69, 9.17) is 9.47 Å². The third kappa shape index (κ3) is 7.40. The van der Waals surface area contributed by atoms with E-state index >= 15 is 0 Å². The summed E-state index contributed by atoms with van der Waals surface area (Å²) in [6.45, 7) is 4.56. The third-order valence-electron chi connectivity index (χ3n) is 7.45. The Balaban J connectivity index is 2.08. The summed E-state index contributed by atoms with van der Waals surface area (Å²) in [6, 6.07) is 9.10. The first-order chi connectivity index (χ1) is 17.5. The van der Waals surface area contributed by atoms with Gasteiger partial charge in [0.25, 0.3) is 0 Å². The second-order valence-electron chi connectivity index (χ2n) is 10.1. The van der Waals surface area contributed by atoms with Gasteiger partial charge in [-0.1, -0.05) is 78.1 Å². The van der Waals surface area contributed by atoms with Gasteiger partial charge in [0.2, 0.25) is 0 Å². The molecule has 0 saturated carbocycles. The highest BCUT2D eigenvalue weighted by Gasteiger charge is 2.18. The molecule has 0 saturated heterocycles. The van der Waals surface area contributed by atoms with Gasteiger partial charge in [-0.2, -0.15) is 0 Å². The van der Waals surface area contributed by atoms with E-state index in [1.807, 2.05) is 0 Å². The quantitative estimate of drug-likeness (QED) is 0.117. The largest absolute Gasteiger partial charge is 0.496 e. The van der Waals surface area contributed by atoms with E-state index in [9.17, 15) is 0 Å². The van der Waals surface area contributed by atoms with E-state index < -0.39 is 0 Å². The predicted molar refractivity (Wildman–Crippen MR) is 164 cm³/mol. The zero-order valence-electron chi connectivity index (χ0n) is 22.8. The molecule has 36 heavy (non-hydrogen) atoms. The second-order valence-corrected chi connectivity index (χ2v) is 11.8. The zero-order chi connectivity index (χ0) is 25.9. The molecule has 198 valence electrons. The van der Waals surface area contributed by atoms with Crippen molar-refractivity contribution in [3.63, 3.8) is 0 Å². The molecule has 2 nitrogen and oxygen atoms in total. The monoisotopic (exact) mass is 618 g/mol. The Morgan fingerprint density at radius 2 is 0.833 bits per heavy atom. The highest BCUT2D eigenvalue weighted by Crippen LogP contribution is 2.42. The summed E-state index contributed by atoms with van der Waals surface area (Å²) in [5, 5.41) is 5.39. The van der Waals surface area contributed by atoms with Crippen LogP contribution < -0.4 is 9.47 Å². The van der Waals surface area contributed by atoms with E-state index in [1.54, 1.807) is 14.2 Å². The summed E-state index contributed by atoms with van der Waals surface area (Å²) in [4.78, 5) is 0. The lowest BCUT2D eigenvalue weighted by molar-refractivity contribution is 0.412. The molecule has 4 heteroatoms. The van der Waals surface area contributed by atoms with Crippen LogP contribution in [0.1, 0.15) is 102 Å². The second kappa shape index (κ2) is 15.2. The fourth-order valence-electron chi connectivity index (χ4n) is 5.41. The predicted octanol–water partition coefficient (Wildman–Crippen LogP) is 11.3. The van der Waals surface area contributed by atoms with Crippen LogP contribution in [-0.4, -0.2) is 14.2 Å². The Kier molecular flexibility index (Phi) is 12.4. The molecule has 0 aliphatic heterocycles. The Morgan fingerprint density at radius 3 is 1.19 bits per heavy atom. The van der Waals surface area contributed by atoms with Crippen LogP contribution in [0.25, 0.3) is 21.5 Å². The van der Waals surface area contributed by atoms with Gasteiger partial charge in [-0.15, -0.1) is 0 Å². The Labute approximate surface area is 235 Å². The molecule has 3 aromatic rings. The van der Waals surface area contributed by atoms with Gasteiger partial charge < -0.3 is 9.47 Å². The molecular weight excluding hydrogens is 576 g/mol. The molecule has 0 radical (unpaired) electrons. The summed E-state index contributed by atoms with van der Waals surface area (Å²) in [5.41, 5.74) is 2.88. The number of hydrogen-bond acceptors (Lipinski definition) is 2. The number of halogens is 2. The number of benzene rings is 3. The number of fused-ring (bicyclic) bond motifs is 2. The van der Waals surface area contributed by atoms with E-state index in [0.717, 1.165) is 33.3 Å². The summed E-state index contributed by atoms with van der Waals surface area (Å²) in [6.07, 6.45) is 17.8. The first-order valence-electron chi connectivity index (χ1n) is 14.0. The van der Waals surface area contributed by atoms with Crippen molar-refractivity contribution in [2.45, 2.75) is 104 Å². The molecule has 0 amide bonds. The number of methoxy groups -OCH3 is 2. The maximum absolute atomic E-state index is 5.75. The van der Waals surface area contributed by atoms with Crippen molar-refractivity contribution in [2.24, 2.45) is 0 Å². The molecule has 0 aromatic heterocycles. The molecule has 0 bridgehead atoms. The van der Waals surface area contributed by atoms with Gasteiger partial charge in [0, 0.05) is 0 Å². The summed E-state index contributed by atoms with van der Waals surface area (Å²) < 4.78 is 13.5. The first-order valence-corrected chi connectivity index (χ1v) is 15.6. The summed E-state index contributed by atoms with van der Waals surface area (Å²) >= 11 is 7.56. The molecule has 3 aromatic carbocycles. The van der Waals surface area contributed by atoms with Crippen LogP contribution in [0.4, 0.5) is 0 Å². The number of hydrogen-bond donors (Lipinski definition) is 0. The highest BCUT2D eigenvalue weighted by atomic mass is 79.9. The lowest BCUT2D eigenvalue weighted by Gasteiger charge is -2.20. The molecule has 0 spiro atoms. The Hall–Kier alpha value is -1.26. The van der Waals surface area contributed by atoms with Crippen molar-refractivity contribution in [3.05, 3.63) is 44.3 Å². The molecule has 0 N–H and O–H groups in total. The van der Waals surface area contributed by atoms with Gasteiger partial charge in [0.05, 0.1) is 23.2 Å². The maximum Gasteiger partial charge on any atom is 0.133 e. The minimum Gasteiger partial charge on any atom is -0.496 e. The molecule has 0 fully saturated rings. The fourth-order valence-corrected chi connectivity index (χ4v) is 6.42. The van der Waals surface area contributed by atoms with E-state index in [1.165, 1.54) is 110 Å². The van der Waals surface area contributed by atoms with Gasteiger partial charge in [-0.25, -0.2) is 0 Å². The van der Waals surface area contributed by atoms with Gasteiger partial charge in [0.15, 0.2) is 0 Å². The van der Waals surface area contributed by atoms with Crippen molar-refractivity contribution in [2.75, 3.05) is 14.2 Å². The molecule has 3 rings (SSSR count). The number of rotatable bonds is 16. The smallest absolute Gasteiger partial charge is 0.133 e. The topological polar surface area (TPSA) is 18.5 Å². The highest BCUT2D eigenvalue weighted by molar-refractivity contribution is 9.11. The normalized spacial score (nSPS) is 11.5. The van der Waals surface area contributed by atoms with Crippen LogP contribution in [0.3, 0.4) is 0 Å². The van der Waals surface area contributed by atoms with Crippen molar-refractivity contribution < 1.29 is 9.47 Å². The average molecular weight is 621 g/mol. The number of unbranched alkanes of at least 4 members (excludes halogenated alkanes) is 10. The third-order valence-corrected chi connectivity index (χ3v) is 8.68. The molecular formula is C32H44Br2O2. The van der Waals surface area contributed by atoms with Crippen molar-refractivity contribution >= 4 is 53.4 Å². The van der Waals surface area contributed by atoms with Gasteiger partial charge >= 0.3 is 0 Å². The molecule has 0 aliphatic rings. The first kappa shape index (κ1) is 29.3. The van der Waals surface area contributed by atoms with Crippen LogP contribution in [0, 0.1) is 0 Å². The van der Waals surface area contributed by atoms with Crippen LogP contribution in [-0.2, 0) is 12.8 Å². The molecule has 0 atom stereocenters. The summed E-state index contributed by atoms with van der Waals surface area (Å²) in [5.74, 6) is 1.81. The molecule has 0 aliphatic carbocycles. The van der Waals surface area contributed by atoms with E-state index in [-0.39, 0.29) is 0 Å². The Morgan fingerprint density at radius 1 is 0.500 bits per heavy atom.